The van der Waals surface area contributed by atoms with Gasteiger partial charge in [0.1, 0.15) is 5.75 Å². The third-order valence-corrected chi connectivity index (χ3v) is 5.46. The Balaban J connectivity index is 1.55. The van der Waals surface area contributed by atoms with Gasteiger partial charge in [-0.15, -0.1) is 10.2 Å². The molecule has 134 valence electrons. The lowest BCUT2D eigenvalue weighted by molar-refractivity contribution is -0.115. The minimum atomic E-state index is -0.297. The van der Waals surface area contributed by atoms with Gasteiger partial charge in [-0.2, -0.15) is 0 Å². The van der Waals surface area contributed by atoms with E-state index < -0.39 is 0 Å². The molecule has 2 aromatic carbocycles. The van der Waals surface area contributed by atoms with Gasteiger partial charge >= 0.3 is 0 Å². The molecule has 0 spiro atoms. The molecule has 0 unspecified atom stereocenters. The Morgan fingerprint density at radius 3 is 2.50 bits per heavy atom. The molecule has 0 saturated carbocycles. The highest BCUT2D eigenvalue weighted by atomic mass is 32.2. The van der Waals surface area contributed by atoms with Crippen LogP contribution < -0.4 is 15.4 Å². The second-order valence-electron chi connectivity index (χ2n) is 5.34. The number of anilines is 3. The van der Waals surface area contributed by atoms with Crippen LogP contribution in [0, 0.1) is 0 Å². The Morgan fingerprint density at radius 1 is 1.08 bits per heavy atom. The zero-order valence-electron chi connectivity index (χ0n) is 14.3. The molecular weight excluding hydrogens is 368 g/mol. The van der Waals surface area contributed by atoms with Gasteiger partial charge in [0.05, 0.1) is 12.4 Å². The summed E-state index contributed by atoms with van der Waals surface area (Å²) in [4.78, 5) is 12.3. The maximum atomic E-state index is 12.3. The monoisotopic (exact) mass is 386 g/mol. The first-order valence-corrected chi connectivity index (χ1v) is 9.61. The van der Waals surface area contributed by atoms with Gasteiger partial charge in [-0.05, 0) is 43.3 Å². The van der Waals surface area contributed by atoms with Crippen LogP contribution in [0.1, 0.15) is 6.92 Å². The van der Waals surface area contributed by atoms with E-state index in [-0.39, 0.29) is 11.2 Å². The first kappa shape index (κ1) is 18.2. The number of nitrogens with zero attached hydrogens (tertiary/aromatic N) is 2. The number of thioether (sulfide) groups is 1. The van der Waals surface area contributed by atoms with Crippen LogP contribution in [0.2, 0.25) is 0 Å². The van der Waals surface area contributed by atoms with Crippen molar-refractivity contribution in [3.63, 3.8) is 0 Å². The first-order chi connectivity index (χ1) is 12.6. The number of benzene rings is 2. The second-order valence-corrected chi connectivity index (χ2v) is 7.91. The number of hydrogen-bond acceptors (Lipinski definition) is 7. The maximum absolute atomic E-state index is 12.3. The second kappa shape index (κ2) is 8.68. The highest BCUT2D eigenvalue weighted by molar-refractivity contribution is 8.02. The van der Waals surface area contributed by atoms with Crippen molar-refractivity contribution in [2.75, 3.05) is 17.7 Å². The summed E-state index contributed by atoms with van der Waals surface area (Å²) in [6.07, 6.45) is 0. The molecule has 3 rings (SSSR count). The summed E-state index contributed by atoms with van der Waals surface area (Å²) < 4.78 is 5.85. The molecule has 0 saturated heterocycles. The smallest absolute Gasteiger partial charge is 0.237 e. The molecule has 1 aromatic heterocycles. The molecular formula is C18H18N4O2S2. The van der Waals surface area contributed by atoms with Crippen LogP contribution in [0.3, 0.4) is 0 Å². The van der Waals surface area contributed by atoms with E-state index in [2.05, 4.69) is 20.8 Å². The summed E-state index contributed by atoms with van der Waals surface area (Å²) in [5, 5.41) is 14.7. The fourth-order valence-electron chi connectivity index (χ4n) is 2.08. The number of nitrogens with one attached hydrogen (secondary N) is 2. The fraction of sp³-hybridized carbons (Fsp3) is 0.167. The van der Waals surface area contributed by atoms with Crippen LogP contribution in [0.4, 0.5) is 16.5 Å². The standard InChI is InChI=1S/C18H18N4O2S2/c1-12(16(23)19-14-8-10-15(24-2)11-9-14)25-18-22-21-17(26-18)20-13-6-4-3-5-7-13/h3-12H,1-2H3,(H,19,23)(H,20,21)/t12-/m0/s1. The topological polar surface area (TPSA) is 76.1 Å². The molecule has 6 nitrogen and oxygen atoms in total. The number of hydrogen-bond donors (Lipinski definition) is 2. The third-order valence-electron chi connectivity index (χ3n) is 3.44. The van der Waals surface area contributed by atoms with E-state index in [4.69, 9.17) is 4.74 Å². The highest BCUT2D eigenvalue weighted by Gasteiger charge is 2.17. The number of para-hydroxylation sites is 1. The number of carbonyl (C=O) groups excluding carboxylic acids is 1. The van der Waals surface area contributed by atoms with Gasteiger partial charge < -0.3 is 15.4 Å². The molecule has 1 heterocycles. The number of aromatic nitrogens is 2. The third kappa shape index (κ3) is 4.96. The van der Waals surface area contributed by atoms with E-state index in [9.17, 15) is 4.79 Å². The van der Waals surface area contributed by atoms with Crippen LogP contribution in [-0.2, 0) is 4.79 Å². The lowest BCUT2D eigenvalue weighted by atomic mass is 10.3. The Kier molecular flexibility index (Phi) is 6.08. The normalized spacial score (nSPS) is 11.6. The van der Waals surface area contributed by atoms with Gasteiger partial charge in [0.2, 0.25) is 11.0 Å². The highest BCUT2D eigenvalue weighted by Crippen LogP contribution is 2.30. The number of amides is 1. The summed E-state index contributed by atoms with van der Waals surface area (Å²) >= 11 is 2.80. The molecule has 0 aliphatic rings. The van der Waals surface area contributed by atoms with Crippen molar-refractivity contribution in [1.29, 1.82) is 0 Å². The predicted molar refractivity (Wildman–Crippen MR) is 107 cm³/mol. The lowest BCUT2D eigenvalue weighted by Crippen LogP contribution is -2.22. The summed E-state index contributed by atoms with van der Waals surface area (Å²) in [6, 6.07) is 17.0. The SMILES string of the molecule is COc1ccc(NC(=O)[C@H](C)Sc2nnc(Nc3ccccc3)s2)cc1. The van der Waals surface area contributed by atoms with E-state index in [1.54, 1.807) is 31.4 Å². The molecule has 0 fully saturated rings. The van der Waals surface area contributed by atoms with Crippen LogP contribution in [-0.4, -0.2) is 28.5 Å². The Morgan fingerprint density at radius 2 is 1.81 bits per heavy atom. The Hall–Kier alpha value is -2.58. The minimum absolute atomic E-state index is 0.0899. The van der Waals surface area contributed by atoms with Crippen LogP contribution in [0.15, 0.2) is 58.9 Å². The van der Waals surface area contributed by atoms with Crippen molar-refractivity contribution in [2.24, 2.45) is 0 Å². The summed E-state index contributed by atoms with van der Waals surface area (Å²) in [5.41, 5.74) is 1.68. The average Bonchev–Trinajstić information content (AvgIpc) is 3.10. The molecule has 0 aliphatic carbocycles. The van der Waals surface area contributed by atoms with Crippen molar-refractivity contribution < 1.29 is 9.53 Å². The molecule has 3 aromatic rings. The fourth-order valence-corrected chi connectivity index (χ4v) is 3.99. The molecule has 2 N–H and O–H groups in total. The molecule has 0 bridgehead atoms. The van der Waals surface area contributed by atoms with Crippen molar-refractivity contribution in [2.45, 2.75) is 16.5 Å². The first-order valence-electron chi connectivity index (χ1n) is 7.91. The van der Waals surface area contributed by atoms with Crippen molar-refractivity contribution in [3.05, 3.63) is 54.6 Å². The lowest BCUT2D eigenvalue weighted by Gasteiger charge is -2.10. The van der Waals surface area contributed by atoms with E-state index in [1.165, 1.54) is 23.1 Å². The van der Waals surface area contributed by atoms with Gasteiger partial charge in [0.25, 0.3) is 0 Å². The van der Waals surface area contributed by atoms with Gasteiger partial charge in [-0.3, -0.25) is 4.79 Å². The Labute approximate surface area is 160 Å². The Bertz CT molecular complexity index is 853. The van der Waals surface area contributed by atoms with Gasteiger partial charge in [-0.1, -0.05) is 41.3 Å². The van der Waals surface area contributed by atoms with E-state index in [0.29, 0.717) is 5.13 Å². The number of rotatable bonds is 7. The molecule has 1 amide bonds. The number of carbonyl (C=O) groups is 1. The van der Waals surface area contributed by atoms with Crippen molar-refractivity contribution >= 4 is 45.5 Å². The van der Waals surface area contributed by atoms with Crippen molar-refractivity contribution in [3.8, 4) is 5.75 Å². The van der Waals surface area contributed by atoms with Crippen molar-refractivity contribution in [1.82, 2.24) is 10.2 Å². The summed E-state index contributed by atoms with van der Waals surface area (Å²) in [6.45, 7) is 1.84. The molecule has 1 atom stereocenters. The largest absolute Gasteiger partial charge is 0.497 e. The van der Waals surface area contributed by atoms with E-state index in [1.807, 2.05) is 37.3 Å². The van der Waals surface area contributed by atoms with E-state index >= 15 is 0 Å². The quantitative estimate of drug-likeness (QED) is 0.586. The zero-order valence-corrected chi connectivity index (χ0v) is 15.9. The summed E-state index contributed by atoms with van der Waals surface area (Å²) in [5.74, 6) is 0.658. The average molecular weight is 387 g/mol. The minimum Gasteiger partial charge on any atom is -0.497 e. The molecule has 0 aliphatic heterocycles. The van der Waals surface area contributed by atoms with Gasteiger partial charge in [-0.25, -0.2) is 0 Å². The van der Waals surface area contributed by atoms with Crippen LogP contribution in [0.5, 0.6) is 5.75 Å². The molecule has 8 heteroatoms. The van der Waals surface area contributed by atoms with Crippen LogP contribution in [0.25, 0.3) is 0 Å². The van der Waals surface area contributed by atoms with Gasteiger partial charge in [0.15, 0.2) is 4.34 Å². The maximum Gasteiger partial charge on any atom is 0.237 e. The molecule has 0 radical (unpaired) electrons. The van der Waals surface area contributed by atoms with Crippen LogP contribution >= 0.6 is 23.1 Å². The predicted octanol–water partition coefficient (Wildman–Crippen LogP) is 4.41. The molecule has 26 heavy (non-hydrogen) atoms. The summed E-state index contributed by atoms with van der Waals surface area (Å²) in [7, 11) is 1.61. The van der Waals surface area contributed by atoms with E-state index in [0.717, 1.165) is 21.5 Å². The number of methoxy groups -OCH3 is 1. The van der Waals surface area contributed by atoms with Gasteiger partial charge in [0, 0.05) is 11.4 Å². The zero-order chi connectivity index (χ0) is 18.4. The number of ether oxygens (including phenoxy) is 1.